The zero-order chi connectivity index (χ0) is 14.4. The number of nitrogens with two attached hydrogens (primary N) is 1. The van der Waals surface area contributed by atoms with Crippen LogP contribution in [0, 0.1) is 0 Å². The average Bonchev–Trinajstić information content (AvgIpc) is 3.27. The summed E-state index contributed by atoms with van der Waals surface area (Å²) in [5.41, 5.74) is 9.51. The third kappa shape index (κ3) is 1.93. The van der Waals surface area contributed by atoms with Gasteiger partial charge in [0, 0.05) is 18.3 Å². The molecule has 1 fully saturated rings. The predicted octanol–water partition coefficient (Wildman–Crippen LogP) is 3.02. The highest BCUT2D eigenvalue weighted by atomic mass is 16.5. The first kappa shape index (κ1) is 12.2. The summed E-state index contributed by atoms with van der Waals surface area (Å²) in [7, 11) is 1.66. The zero-order valence-electron chi connectivity index (χ0n) is 11.8. The number of fused-ring (bicyclic) bond motifs is 1. The fraction of sp³-hybridized carbons (Fsp3) is 0.250. The van der Waals surface area contributed by atoms with Crippen molar-refractivity contribution < 1.29 is 4.74 Å². The van der Waals surface area contributed by atoms with Gasteiger partial charge in [0.1, 0.15) is 11.4 Å². The van der Waals surface area contributed by atoms with Crippen molar-refractivity contribution in [3.63, 3.8) is 0 Å². The topological polar surface area (TPSA) is 66.0 Å². The molecule has 3 aromatic rings. The van der Waals surface area contributed by atoms with Gasteiger partial charge >= 0.3 is 0 Å². The van der Waals surface area contributed by atoms with Gasteiger partial charge in [-0.25, -0.2) is 4.98 Å². The fourth-order valence-corrected chi connectivity index (χ4v) is 2.68. The van der Waals surface area contributed by atoms with E-state index in [4.69, 9.17) is 15.5 Å². The number of nitrogen functional groups attached to an aromatic ring is 1. The summed E-state index contributed by atoms with van der Waals surface area (Å²) >= 11 is 0. The molecule has 4 rings (SSSR count). The van der Waals surface area contributed by atoms with Crippen LogP contribution in [0.3, 0.4) is 0 Å². The number of ether oxygens (including phenoxy) is 1. The van der Waals surface area contributed by atoms with E-state index in [-0.39, 0.29) is 0 Å². The molecule has 106 valence electrons. The van der Waals surface area contributed by atoms with Gasteiger partial charge in [-0.3, -0.25) is 4.98 Å². The minimum Gasteiger partial charge on any atom is -0.497 e. The number of hydrogen-bond donors (Lipinski definition) is 1. The molecule has 0 saturated heterocycles. The first-order valence-electron chi connectivity index (χ1n) is 7.05. The molecule has 0 aliphatic heterocycles. The van der Waals surface area contributed by atoms with Gasteiger partial charge in [0.05, 0.1) is 23.8 Å². The molecular weight excluding hydrogens is 264 g/mol. The van der Waals surface area contributed by atoms with Crippen LogP contribution >= 0.6 is 0 Å². The van der Waals surface area contributed by atoms with Crippen LogP contribution in [0.5, 0.6) is 5.75 Å². The van der Waals surface area contributed by atoms with E-state index >= 15 is 0 Å². The second kappa shape index (κ2) is 4.48. The van der Waals surface area contributed by atoms with Crippen LogP contribution in [0.4, 0.5) is 5.69 Å². The summed E-state index contributed by atoms with van der Waals surface area (Å²) in [6, 6.07) is 10.2. The lowest BCUT2D eigenvalue weighted by Crippen LogP contribution is -2.01. The Hall–Kier alpha value is -2.56. The Kier molecular flexibility index (Phi) is 2.60. The summed E-state index contributed by atoms with van der Waals surface area (Å²) in [6.45, 7) is 0. The van der Waals surface area contributed by atoms with E-state index in [0.29, 0.717) is 11.7 Å². The number of methoxy groups -OCH3 is 1. The molecular formula is C16H16N4O. The lowest BCUT2D eigenvalue weighted by atomic mass is 10.3. The first-order chi connectivity index (χ1) is 10.3. The van der Waals surface area contributed by atoms with E-state index in [1.807, 2.05) is 24.3 Å². The van der Waals surface area contributed by atoms with Crippen molar-refractivity contribution in [2.45, 2.75) is 18.9 Å². The molecule has 0 spiro atoms. The number of imidazole rings is 1. The summed E-state index contributed by atoms with van der Waals surface area (Å²) in [6.07, 6.45) is 4.11. The number of pyridine rings is 1. The monoisotopic (exact) mass is 280 g/mol. The van der Waals surface area contributed by atoms with Crippen LogP contribution in [-0.2, 0) is 0 Å². The van der Waals surface area contributed by atoms with Crippen LogP contribution < -0.4 is 10.5 Å². The summed E-state index contributed by atoms with van der Waals surface area (Å²) < 4.78 is 7.54. The second-order valence-electron chi connectivity index (χ2n) is 5.33. The molecule has 5 nitrogen and oxygen atoms in total. The number of rotatable bonds is 3. The molecule has 1 aromatic carbocycles. The van der Waals surface area contributed by atoms with Gasteiger partial charge in [-0.15, -0.1) is 0 Å². The molecule has 2 aromatic heterocycles. The quantitative estimate of drug-likeness (QED) is 0.801. The highest BCUT2D eigenvalue weighted by Gasteiger charge is 2.29. The van der Waals surface area contributed by atoms with Gasteiger partial charge < -0.3 is 15.0 Å². The van der Waals surface area contributed by atoms with Crippen molar-refractivity contribution in [3.05, 3.63) is 36.5 Å². The SMILES string of the molecule is COc1ccc2c(c1)nc(-c1ncccc1N)n2C1CC1. The fourth-order valence-electron chi connectivity index (χ4n) is 2.68. The van der Waals surface area contributed by atoms with Gasteiger partial charge in [-0.05, 0) is 37.1 Å². The normalized spacial score (nSPS) is 14.5. The molecule has 0 atom stereocenters. The molecule has 1 saturated carbocycles. The predicted molar refractivity (Wildman–Crippen MR) is 82.2 cm³/mol. The molecule has 5 heteroatoms. The third-order valence-electron chi connectivity index (χ3n) is 3.86. The number of anilines is 1. The molecule has 2 heterocycles. The highest BCUT2D eigenvalue weighted by molar-refractivity contribution is 5.83. The Bertz CT molecular complexity index is 820. The minimum atomic E-state index is 0.500. The van der Waals surface area contributed by atoms with Crippen LogP contribution in [0.1, 0.15) is 18.9 Å². The maximum absolute atomic E-state index is 6.08. The Balaban J connectivity index is 1.99. The Morgan fingerprint density at radius 2 is 2.14 bits per heavy atom. The van der Waals surface area contributed by atoms with E-state index < -0.39 is 0 Å². The standard InChI is InChI=1S/C16H16N4O/c1-21-11-6-7-14-13(9-11)19-16(20(14)10-4-5-10)15-12(17)3-2-8-18-15/h2-3,6-10H,4-5,17H2,1H3. The second-order valence-corrected chi connectivity index (χ2v) is 5.33. The minimum absolute atomic E-state index is 0.500. The molecule has 0 bridgehead atoms. The molecule has 1 aliphatic rings. The first-order valence-corrected chi connectivity index (χ1v) is 7.05. The molecule has 2 N–H and O–H groups in total. The number of aromatic nitrogens is 3. The molecule has 0 unspecified atom stereocenters. The maximum Gasteiger partial charge on any atom is 0.162 e. The Morgan fingerprint density at radius 3 is 2.86 bits per heavy atom. The van der Waals surface area contributed by atoms with Crippen molar-refractivity contribution in [2.75, 3.05) is 12.8 Å². The number of benzene rings is 1. The van der Waals surface area contributed by atoms with E-state index in [9.17, 15) is 0 Å². The summed E-state index contributed by atoms with van der Waals surface area (Å²) in [5.74, 6) is 1.65. The molecule has 21 heavy (non-hydrogen) atoms. The van der Waals surface area contributed by atoms with Crippen molar-refractivity contribution in [3.8, 4) is 17.3 Å². The molecule has 0 radical (unpaired) electrons. The lowest BCUT2D eigenvalue weighted by molar-refractivity contribution is 0.415. The van der Waals surface area contributed by atoms with Gasteiger partial charge in [-0.1, -0.05) is 0 Å². The van der Waals surface area contributed by atoms with Crippen LogP contribution in [0.15, 0.2) is 36.5 Å². The van der Waals surface area contributed by atoms with Crippen molar-refractivity contribution in [1.82, 2.24) is 14.5 Å². The zero-order valence-corrected chi connectivity index (χ0v) is 11.8. The van der Waals surface area contributed by atoms with Gasteiger partial charge in [0.25, 0.3) is 0 Å². The van der Waals surface area contributed by atoms with Crippen molar-refractivity contribution in [1.29, 1.82) is 0 Å². The van der Waals surface area contributed by atoms with E-state index in [1.165, 1.54) is 12.8 Å². The number of nitrogens with zero attached hydrogens (tertiary/aromatic N) is 3. The van der Waals surface area contributed by atoms with Crippen LogP contribution in [-0.4, -0.2) is 21.6 Å². The van der Waals surface area contributed by atoms with Crippen LogP contribution in [0.2, 0.25) is 0 Å². The summed E-state index contributed by atoms with van der Waals surface area (Å²) in [5, 5.41) is 0. The molecule has 0 amide bonds. The summed E-state index contributed by atoms with van der Waals surface area (Å²) in [4.78, 5) is 9.17. The van der Waals surface area contributed by atoms with Crippen molar-refractivity contribution in [2.24, 2.45) is 0 Å². The van der Waals surface area contributed by atoms with Crippen LogP contribution in [0.25, 0.3) is 22.6 Å². The largest absolute Gasteiger partial charge is 0.497 e. The Morgan fingerprint density at radius 1 is 1.29 bits per heavy atom. The van der Waals surface area contributed by atoms with Gasteiger partial charge in [0.2, 0.25) is 0 Å². The van der Waals surface area contributed by atoms with E-state index in [1.54, 1.807) is 13.3 Å². The maximum atomic E-state index is 6.08. The average molecular weight is 280 g/mol. The third-order valence-corrected chi connectivity index (χ3v) is 3.86. The van der Waals surface area contributed by atoms with Gasteiger partial charge in [-0.2, -0.15) is 0 Å². The molecule has 1 aliphatic carbocycles. The highest BCUT2D eigenvalue weighted by Crippen LogP contribution is 2.42. The van der Waals surface area contributed by atoms with Gasteiger partial charge in [0.15, 0.2) is 5.82 Å². The van der Waals surface area contributed by atoms with E-state index in [2.05, 4.69) is 15.6 Å². The van der Waals surface area contributed by atoms with E-state index in [0.717, 1.165) is 28.3 Å². The van der Waals surface area contributed by atoms with Crippen molar-refractivity contribution >= 4 is 16.7 Å². The Labute approximate surface area is 122 Å². The lowest BCUT2D eigenvalue weighted by Gasteiger charge is -2.08. The smallest absolute Gasteiger partial charge is 0.162 e. The number of hydrogen-bond acceptors (Lipinski definition) is 4.